The van der Waals surface area contributed by atoms with E-state index in [2.05, 4.69) is 21.4 Å². The second-order valence-electron chi connectivity index (χ2n) is 5.69. The van der Waals surface area contributed by atoms with Gasteiger partial charge in [-0.3, -0.25) is 4.90 Å². The molecule has 17 heavy (non-hydrogen) atoms. The molecule has 1 saturated carbocycles. The fraction of sp³-hybridized carbons (Fsp3) is 0.769. The lowest BCUT2D eigenvalue weighted by atomic mass is 9.94. The molecule has 2 N–H and O–H groups in total. The number of nitrogens with zero attached hydrogens (tertiary/aromatic N) is 3. The summed E-state index contributed by atoms with van der Waals surface area (Å²) in [5.41, 5.74) is 7.50. The number of piperidine rings is 1. The predicted molar refractivity (Wildman–Crippen MR) is 67.5 cm³/mol. The van der Waals surface area contributed by atoms with Crippen LogP contribution in [0.3, 0.4) is 0 Å². The maximum Gasteiger partial charge on any atom is 0.0951 e. The molecule has 1 aromatic heterocycles. The van der Waals surface area contributed by atoms with E-state index in [1.54, 1.807) is 0 Å². The summed E-state index contributed by atoms with van der Waals surface area (Å²) in [7, 11) is 0. The topological polar surface area (TPSA) is 47.1 Å². The largest absolute Gasteiger partial charge is 0.330 e. The average Bonchev–Trinajstić information content (AvgIpc) is 3.05. The van der Waals surface area contributed by atoms with Gasteiger partial charge in [-0.05, 0) is 31.7 Å². The minimum absolute atomic E-state index is 0.334. The van der Waals surface area contributed by atoms with Gasteiger partial charge in [0.05, 0.1) is 12.0 Å². The summed E-state index contributed by atoms with van der Waals surface area (Å²) >= 11 is 0. The van der Waals surface area contributed by atoms with Crippen molar-refractivity contribution in [1.29, 1.82) is 0 Å². The second-order valence-corrected chi connectivity index (χ2v) is 5.69. The molecule has 0 radical (unpaired) electrons. The Morgan fingerprint density at radius 1 is 1.41 bits per heavy atom. The molecule has 3 rings (SSSR count). The molecule has 0 amide bonds. The van der Waals surface area contributed by atoms with Gasteiger partial charge in [-0.25, -0.2) is 4.98 Å². The first kappa shape index (κ1) is 11.2. The van der Waals surface area contributed by atoms with Gasteiger partial charge in [0.1, 0.15) is 0 Å². The van der Waals surface area contributed by atoms with E-state index < -0.39 is 0 Å². The standard InChI is InChI=1S/C13H22N4/c1-10-4-5-16(8-13(10)14)7-12-6-15-9-17(12)11-2-3-11/h6,9-11,13H,2-5,7-8,14H2,1H3. The summed E-state index contributed by atoms with van der Waals surface area (Å²) in [4.78, 5) is 6.76. The fourth-order valence-corrected chi connectivity index (χ4v) is 2.68. The van der Waals surface area contributed by atoms with Crippen LogP contribution in [-0.2, 0) is 6.54 Å². The molecule has 2 aliphatic rings. The van der Waals surface area contributed by atoms with E-state index in [4.69, 9.17) is 5.73 Å². The number of rotatable bonds is 3. The molecule has 1 aliphatic heterocycles. The summed E-state index contributed by atoms with van der Waals surface area (Å²) in [6.45, 7) is 5.47. The van der Waals surface area contributed by atoms with Gasteiger partial charge < -0.3 is 10.3 Å². The molecule has 2 heterocycles. The molecule has 2 unspecified atom stereocenters. The van der Waals surface area contributed by atoms with Crippen LogP contribution in [0.4, 0.5) is 0 Å². The molecule has 0 aromatic carbocycles. The van der Waals surface area contributed by atoms with Crippen molar-refractivity contribution in [3.05, 3.63) is 18.2 Å². The summed E-state index contributed by atoms with van der Waals surface area (Å²) in [5, 5.41) is 0. The zero-order valence-electron chi connectivity index (χ0n) is 10.5. The maximum atomic E-state index is 6.14. The highest BCUT2D eigenvalue weighted by atomic mass is 15.2. The molecule has 0 spiro atoms. The van der Waals surface area contributed by atoms with Crippen LogP contribution in [0.5, 0.6) is 0 Å². The van der Waals surface area contributed by atoms with Crippen LogP contribution >= 0.6 is 0 Å². The third kappa shape index (κ3) is 2.38. The summed E-state index contributed by atoms with van der Waals surface area (Å²) in [6, 6.07) is 1.06. The number of aromatic nitrogens is 2. The van der Waals surface area contributed by atoms with Gasteiger partial charge >= 0.3 is 0 Å². The highest BCUT2D eigenvalue weighted by molar-refractivity contribution is 5.04. The average molecular weight is 234 g/mol. The van der Waals surface area contributed by atoms with Gasteiger partial charge in [0.2, 0.25) is 0 Å². The van der Waals surface area contributed by atoms with E-state index in [0.29, 0.717) is 12.0 Å². The minimum atomic E-state index is 0.334. The molecule has 94 valence electrons. The Morgan fingerprint density at radius 2 is 2.24 bits per heavy atom. The molecule has 2 fully saturated rings. The van der Waals surface area contributed by atoms with Crippen molar-refractivity contribution in [2.24, 2.45) is 11.7 Å². The Bertz CT molecular complexity index is 383. The van der Waals surface area contributed by atoms with Crippen molar-refractivity contribution in [2.45, 2.75) is 44.8 Å². The van der Waals surface area contributed by atoms with Crippen LogP contribution in [0.1, 0.15) is 37.9 Å². The second kappa shape index (κ2) is 4.42. The molecule has 4 nitrogen and oxygen atoms in total. The molecule has 2 atom stereocenters. The molecule has 4 heteroatoms. The first-order chi connectivity index (χ1) is 8.24. The Balaban J connectivity index is 1.64. The van der Waals surface area contributed by atoms with Gasteiger partial charge in [0.25, 0.3) is 0 Å². The van der Waals surface area contributed by atoms with Crippen LogP contribution in [-0.4, -0.2) is 33.6 Å². The zero-order chi connectivity index (χ0) is 11.8. The van der Waals surface area contributed by atoms with Crippen LogP contribution in [0, 0.1) is 5.92 Å². The Hall–Kier alpha value is -0.870. The normalized spacial score (nSPS) is 30.7. The third-order valence-corrected chi connectivity index (χ3v) is 4.17. The smallest absolute Gasteiger partial charge is 0.0951 e. The van der Waals surface area contributed by atoms with Crippen molar-refractivity contribution in [2.75, 3.05) is 13.1 Å². The number of hydrogen-bond donors (Lipinski definition) is 1. The summed E-state index contributed by atoms with van der Waals surface area (Å²) in [5.74, 6) is 0.666. The van der Waals surface area contributed by atoms with Gasteiger partial charge in [-0.2, -0.15) is 0 Å². The van der Waals surface area contributed by atoms with E-state index >= 15 is 0 Å². The van der Waals surface area contributed by atoms with Gasteiger partial charge in [0.15, 0.2) is 0 Å². The van der Waals surface area contributed by atoms with Crippen molar-refractivity contribution in [1.82, 2.24) is 14.5 Å². The van der Waals surface area contributed by atoms with Crippen molar-refractivity contribution >= 4 is 0 Å². The first-order valence-electron chi connectivity index (χ1n) is 6.72. The van der Waals surface area contributed by atoms with E-state index in [1.165, 1.54) is 31.5 Å². The molecular weight excluding hydrogens is 212 g/mol. The third-order valence-electron chi connectivity index (χ3n) is 4.17. The highest BCUT2D eigenvalue weighted by Gasteiger charge is 2.27. The Kier molecular flexibility index (Phi) is 2.92. The number of likely N-dealkylation sites (tertiary alicyclic amines) is 1. The van der Waals surface area contributed by atoms with Gasteiger partial charge in [-0.15, -0.1) is 0 Å². The lowest BCUT2D eigenvalue weighted by Crippen LogP contribution is -2.47. The van der Waals surface area contributed by atoms with Crippen LogP contribution in [0.15, 0.2) is 12.5 Å². The maximum absolute atomic E-state index is 6.14. The molecule has 0 bridgehead atoms. The SMILES string of the molecule is CC1CCN(Cc2cncn2C2CC2)CC1N. The van der Waals surface area contributed by atoms with E-state index in [1.807, 2.05) is 12.5 Å². The molecule has 1 aliphatic carbocycles. The summed E-state index contributed by atoms with van der Waals surface area (Å²) in [6.07, 6.45) is 7.86. The van der Waals surface area contributed by atoms with Gasteiger partial charge in [0, 0.05) is 31.4 Å². The monoisotopic (exact) mass is 234 g/mol. The van der Waals surface area contributed by atoms with Crippen molar-refractivity contribution in [3.8, 4) is 0 Å². The zero-order valence-corrected chi connectivity index (χ0v) is 10.5. The van der Waals surface area contributed by atoms with Crippen LogP contribution in [0.2, 0.25) is 0 Å². The lowest BCUT2D eigenvalue weighted by Gasteiger charge is -2.35. The molecular formula is C13H22N4. The van der Waals surface area contributed by atoms with Crippen LogP contribution < -0.4 is 5.73 Å². The number of hydrogen-bond acceptors (Lipinski definition) is 3. The van der Waals surface area contributed by atoms with Crippen LogP contribution in [0.25, 0.3) is 0 Å². The van der Waals surface area contributed by atoms with Crippen molar-refractivity contribution < 1.29 is 0 Å². The lowest BCUT2D eigenvalue weighted by molar-refractivity contribution is 0.159. The summed E-state index contributed by atoms with van der Waals surface area (Å²) < 4.78 is 2.35. The number of nitrogens with two attached hydrogens (primary N) is 1. The predicted octanol–water partition coefficient (Wildman–Crippen LogP) is 1.39. The Labute approximate surface area is 103 Å². The van der Waals surface area contributed by atoms with Crippen molar-refractivity contribution in [3.63, 3.8) is 0 Å². The molecule has 1 aromatic rings. The highest BCUT2D eigenvalue weighted by Crippen LogP contribution is 2.36. The quantitative estimate of drug-likeness (QED) is 0.859. The number of imidazole rings is 1. The Morgan fingerprint density at radius 3 is 2.94 bits per heavy atom. The molecule has 1 saturated heterocycles. The van der Waals surface area contributed by atoms with E-state index in [0.717, 1.165) is 19.1 Å². The van der Waals surface area contributed by atoms with E-state index in [-0.39, 0.29) is 0 Å². The fourth-order valence-electron chi connectivity index (χ4n) is 2.68. The minimum Gasteiger partial charge on any atom is -0.330 e. The van der Waals surface area contributed by atoms with E-state index in [9.17, 15) is 0 Å². The van der Waals surface area contributed by atoms with Gasteiger partial charge in [-0.1, -0.05) is 6.92 Å². The first-order valence-corrected chi connectivity index (χ1v) is 6.72.